The molecule has 0 unspecified atom stereocenters. The summed E-state index contributed by atoms with van der Waals surface area (Å²) >= 11 is 0. The summed E-state index contributed by atoms with van der Waals surface area (Å²) in [5.74, 6) is -1.11. The molecule has 5 nitrogen and oxygen atoms in total. The monoisotopic (exact) mass is 171 g/mol. The maximum atomic E-state index is 11.1. The minimum absolute atomic E-state index is 0.00292. The molecule has 5 heteroatoms. The van der Waals surface area contributed by atoms with Gasteiger partial charge in [-0.3, -0.25) is 0 Å². The summed E-state index contributed by atoms with van der Waals surface area (Å²) in [4.78, 5) is 11.1. The Kier molecular flexibility index (Phi) is 2.32. The van der Waals surface area contributed by atoms with Crippen molar-refractivity contribution in [2.24, 2.45) is 0 Å². The molecule has 66 valence electrons. The second kappa shape index (κ2) is 3.25. The van der Waals surface area contributed by atoms with Gasteiger partial charge in [-0.05, 0) is 13.8 Å². The first-order chi connectivity index (χ1) is 5.66. The molecule has 0 aliphatic heterocycles. The molecule has 0 radical (unpaired) electrons. The first-order valence-electron chi connectivity index (χ1n) is 3.49. The maximum absolute atomic E-state index is 11.1. The second-order valence-electron chi connectivity index (χ2n) is 2.17. The summed E-state index contributed by atoms with van der Waals surface area (Å²) in [5.41, 5.74) is 0.322. The molecule has 0 saturated heterocycles. The zero-order chi connectivity index (χ0) is 9.14. The SMILES string of the molecule is CCOC(=O)c1c(C)noc1O. The van der Waals surface area contributed by atoms with Crippen LogP contribution in [0.5, 0.6) is 5.95 Å². The summed E-state index contributed by atoms with van der Waals surface area (Å²) < 4.78 is 9.02. The van der Waals surface area contributed by atoms with E-state index in [2.05, 4.69) is 14.4 Å². The van der Waals surface area contributed by atoms with Gasteiger partial charge in [-0.15, -0.1) is 0 Å². The standard InChI is InChI=1S/C7H9NO4/c1-3-11-6(9)5-4(2)8-12-7(5)10/h10H,3H2,1-2H3. The predicted octanol–water partition coefficient (Wildman–Crippen LogP) is 0.865. The van der Waals surface area contributed by atoms with E-state index in [-0.39, 0.29) is 12.2 Å². The van der Waals surface area contributed by atoms with E-state index in [0.29, 0.717) is 5.69 Å². The van der Waals surface area contributed by atoms with Crippen LogP contribution in [0.4, 0.5) is 0 Å². The number of esters is 1. The first kappa shape index (κ1) is 8.58. The van der Waals surface area contributed by atoms with Crippen molar-refractivity contribution in [2.75, 3.05) is 6.61 Å². The van der Waals surface area contributed by atoms with Crippen LogP contribution in [0.25, 0.3) is 0 Å². The molecule has 0 aromatic carbocycles. The second-order valence-corrected chi connectivity index (χ2v) is 2.17. The zero-order valence-corrected chi connectivity index (χ0v) is 6.83. The Morgan fingerprint density at radius 3 is 2.83 bits per heavy atom. The van der Waals surface area contributed by atoms with E-state index in [1.54, 1.807) is 13.8 Å². The van der Waals surface area contributed by atoms with Crippen LogP contribution in [0.2, 0.25) is 0 Å². The molecule has 0 spiro atoms. The van der Waals surface area contributed by atoms with Crippen molar-refractivity contribution in [3.8, 4) is 5.95 Å². The van der Waals surface area contributed by atoms with Crippen molar-refractivity contribution in [3.63, 3.8) is 0 Å². The molecule has 0 bridgehead atoms. The van der Waals surface area contributed by atoms with Gasteiger partial charge in [0, 0.05) is 0 Å². The summed E-state index contributed by atoms with van der Waals surface area (Å²) in [7, 11) is 0. The van der Waals surface area contributed by atoms with E-state index in [0.717, 1.165) is 0 Å². The van der Waals surface area contributed by atoms with Crippen LogP contribution in [0.3, 0.4) is 0 Å². The van der Waals surface area contributed by atoms with Crippen LogP contribution < -0.4 is 0 Å². The zero-order valence-electron chi connectivity index (χ0n) is 6.83. The van der Waals surface area contributed by atoms with Crippen molar-refractivity contribution in [2.45, 2.75) is 13.8 Å². The number of ether oxygens (including phenoxy) is 1. The van der Waals surface area contributed by atoms with E-state index in [4.69, 9.17) is 5.11 Å². The van der Waals surface area contributed by atoms with Crippen molar-refractivity contribution in [3.05, 3.63) is 11.3 Å². The lowest BCUT2D eigenvalue weighted by molar-refractivity contribution is 0.0520. The Morgan fingerprint density at radius 1 is 1.75 bits per heavy atom. The lowest BCUT2D eigenvalue weighted by atomic mass is 10.2. The highest BCUT2D eigenvalue weighted by molar-refractivity contribution is 5.92. The molecule has 12 heavy (non-hydrogen) atoms. The normalized spacial score (nSPS) is 9.83. The third kappa shape index (κ3) is 1.39. The third-order valence-corrected chi connectivity index (χ3v) is 1.32. The topological polar surface area (TPSA) is 72.6 Å². The molecule has 0 aliphatic rings. The van der Waals surface area contributed by atoms with Crippen molar-refractivity contribution in [1.29, 1.82) is 0 Å². The minimum atomic E-state index is -0.617. The fourth-order valence-corrected chi connectivity index (χ4v) is 0.796. The van der Waals surface area contributed by atoms with Gasteiger partial charge in [0.25, 0.3) is 0 Å². The lowest BCUT2D eigenvalue weighted by Gasteiger charge is -1.97. The molecule has 1 aromatic heterocycles. The van der Waals surface area contributed by atoms with E-state index in [1.165, 1.54) is 0 Å². The highest BCUT2D eigenvalue weighted by Gasteiger charge is 2.20. The Hall–Kier alpha value is -1.52. The number of aromatic nitrogens is 1. The fraction of sp³-hybridized carbons (Fsp3) is 0.429. The van der Waals surface area contributed by atoms with Crippen molar-refractivity contribution < 1.29 is 19.2 Å². The van der Waals surface area contributed by atoms with Gasteiger partial charge >= 0.3 is 11.9 Å². The highest BCUT2D eigenvalue weighted by atomic mass is 16.6. The average molecular weight is 171 g/mol. The van der Waals surface area contributed by atoms with Crippen LogP contribution in [-0.4, -0.2) is 22.8 Å². The molecule has 1 rings (SSSR count). The van der Waals surface area contributed by atoms with Gasteiger partial charge < -0.3 is 14.4 Å². The number of aromatic hydroxyl groups is 1. The number of rotatable bonds is 2. The number of carbonyl (C=O) groups is 1. The van der Waals surface area contributed by atoms with Crippen molar-refractivity contribution in [1.82, 2.24) is 5.16 Å². The van der Waals surface area contributed by atoms with Crippen LogP contribution >= 0.6 is 0 Å². The van der Waals surface area contributed by atoms with Crippen LogP contribution in [0, 0.1) is 6.92 Å². The van der Waals surface area contributed by atoms with E-state index >= 15 is 0 Å². The van der Waals surface area contributed by atoms with Crippen molar-refractivity contribution >= 4 is 5.97 Å². The molecule has 0 atom stereocenters. The largest absolute Gasteiger partial charge is 0.479 e. The summed E-state index contributed by atoms with van der Waals surface area (Å²) in [5, 5.41) is 12.4. The summed E-state index contributed by atoms with van der Waals surface area (Å²) in [6, 6.07) is 0. The van der Waals surface area contributed by atoms with E-state index < -0.39 is 11.9 Å². The number of nitrogens with zero attached hydrogens (tertiary/aromatic N) is 1. The molecular formula is C7H9NO4. The lowest BCUT2D eigenvalue weighted by Crippen LogP contribution is -2.05. The Bertz CT molecular complexity index is 272. The molecule has 0 saturated carbocycles. The quantitative estimate of drug-likeness (QED) is 0.668. The third-order valence-electron chi connectivity index (χ3n) is 1.32. The summed E-state index contributed by atoms with van der Waals surface area (Å²) in [6.07, 6.45) is 0. The molecule has 1 aromatic rings. The first-order valence-corrected chi connectivity index (χ1v) is 3.49. The summed E-state index contributed by atoms with van der Waals surface area (Å²) in [6.45, 7) is 3.48. The Labute approximate surface area is 68.9 Å². The van der Waals surface area contributed by atoms with Gasteiger partial charge in [-0.25, -0.2) is 4.79 Å². The van der Waals surface area contributed by atoms with Gasteiger partial charge in [0.1, 0.15) is 0 Å². The molecular weight excluding hydrogens is 162 g/mol. The molecule has 1 heterocycles. The number of aryl methyl sites for hydroxylation is 1. The van der Waals surface area contributed by atoms with Gasteiger partial charge in [0.2, 0.25) is 0 Å². The smallest absolute Gasteiger partial charge is 0.347 e. The average Bonchev–Trinajstić information content (AvgIpc) is 2.32. The Morgan fingerprint density at radius 2 is 2.42 bits per heavy atom. The van der Waals surface area contributed by atoms with Crippen LogP contribution in [0.1, 0.15) is 23.0 Å². The van der Waals surface area contributed by atoms with Gasteiger partial charge in [0.15, 0.2) is 5.56 Å². The maximum Gasteiger partial charge on any atom is 0.347 e. The van der Waals surface area contributed by atoms with Crippen LogP contribution in [0.15, 0.2) is 4.52 Å². The van der Waals surface area contributed by atoms with Gasteiger partial charge in [0.05, 0.1) is 12.3 Å². The number of hydrogen-bond donors (Lipinski definition) is 1. The van der Waals surface area contributed by atoms with Gasteiger partial charge in [-0.1, -0.05) is 5.16 Å². The molecule has 0 fully saturated rings. The predicted molar refractivity (Wildman–Crippen MR) is 38.9 cm³/mol. The number of hydrogen-bond acceptors (Lipinski definition) is 5. The van der Waals surface area contributed by atoms with Crippen LogP contribution in [-0.2, 0) is 4.74 Å². The Balaban J connectivity index is 2.93. The molecule has 1 N–H and O–H groups in total. The number of carbonyl (C=O) groups excluding carboxylic acids is 1. The fourth-order valence-electron chi connectivity index (χ4n) is 0.796. The van der Waals surface area contributed by atoms with Gasteiger partial charge in [-0.2, -0.15) is 0 Å². The molecule has 0 amide bonds. The van der Waals surface area contributed by atoms with E-state index in [1.807, 2.05) is 0 Å². The van der Waals surface area contributed by atoms with E-state index in [9.17, 15) is 4.79 Å². The highest BCUT2D eigenvalue weighted by Crippen LogP contribution is 2.20. The minimum Gasteiger partial charge on any atom is -0.479 e. The molecule has 0 aliphatic carbocycles.